The minimum Gasteiger partial charge on any atom is -0.295 e. The van der Waals surface area contributed by atoms with Gasteiger partial charge < -0.3 is 0 Å². The minimum atomic E-state index is 0.177. The Morgan fingerprint density at radius 1 is 1.19 bits per heavy atom. The maximum Gasteiger partial charge on any atom is 0.177 e. The van der Waals surface area contributed by atoms with Gasteiger partial charge in [0.15, 0.2) is 5.78 Å². The van der Waals surface area contributed by atoms with Crippen LogP contribution in [0.15, 0.2) is 36.7 Å². The van der Waals surface area contributed by atoms with E-state index in [-0.39, 0.29) is 5.78 Å². The number of benzene rings is 1. The number of hydrogen-bond donors (Lipinski definition) is 0. The molecule has 0 aliphatic carbocycles. The first-order valence-corrected chi connectivity index (χ1v) is 7.16. The minimum absolute atomic E-state index is 0.177. The third-order valence-corrected chi connectivity index (χ3v) is 3.54. The van der Waals surface area contributed by atoms with Gasteiger partial charge in [-0.15, -0.1) is 0 Å². The summed E-state index contributed by atoms with van der Waals surface area (Å²) < 4.78 is 0. The zero-order valence-electron chi connectivity index (χ0n) is 13.2. The summed E-state index contributed by atoms with van der Waals surface area (Å²) in [7, 11) is 1.96. The number of Topliss-reactive ketones (excluding diaryl/α,β-unsaturated/α-hetero) is 1. The van der Waals surface area contributed by atoms with Gasteiger partial charge in [-0.2, -0.15) is 0 Å². The lowest BCUT2D eigenvalue weighted by Gasteiger charge is -2.17. The first-order chi connectivity index (χ1) is 9.97. The van der Waals surface area contributed by atoms with Crippen LogP contribution >= 0.6 is 0 Å². The van der Waals surface area contributed by atoms with Crippen LogP contribution < -0.4 is 0 Å². The lowest BCUT2D eigenvalue weighted by atomic mass is 9.96. The predicted octanol–water partition coefficient (Wildman–Crippen LogP) is 3.32. The smallest absolute Gasteiger partial charge is 0.177 e. The zero-order chi connectivity index (χ0) is 15.4. The Hall–Kier alpha value is -2.00. The largest absolute Gasteiger partial charge is 0.295 e. The highest BCUT2D eigenvalue weighted by atomic mass is 16.1. The highest BCUT2D eigenvalue weighted by Crippen LogP contribution is 2.17. The van der Waals surface area contributed by atoms with Gasteiger partial charge in [-0.05, 0) is 50.6 Å². The lowest BCUT2D eigenvalue weighted by Crippen LogP contribution is -2.26. The van der Waals surface area contributed by atoms with Gasteiger partial charge in [0.05, 0.1) is 6.54 Å². The van der Waals surface area contributed by atoms with E-state index in [0.29, 0.717) is 6.54 Å². The second-order valence-corrected chi connectivity index (χ2v) is 5.73. The van der Waals surface area contributed by atoms with Crippen molar-refractivity contribution in [1.29, 1.82) is 0 Å². The number of pyridine rings is 1. The van der Waals surface area contributed by atoms with Crippen LogP contribution in [-0.2, 0) is 6.54 Å². The molecule has 0 aliphatic rings. The number of aryl methyl sites for hydroxylation is 3. The average Bonchev–Trinajstić information content (AvgIpc) is 2.38. The average molecular weight is 282 g/mol. The van der Waals surface area contributed by atoms with Gasteiger partial charge in [0, 0.05) is 24.5 Å². The van der Waals surface area contributed by atoms with Crippen molar-refractivity contribution in [2.45, 2.75) is 27.3 Å². The summed E-state index contributed by atoms with van der Waals surface area (Å²) in [5, 5.41) is 0. The Labute approximate surface area is 126 Å². The molecule has 0 fully saturated rings. The fourth-order valence-electron chi connectivity index (χ4n) is 2.80. The molecular weight excluding hydrogens is 260 g/mol. The molecule has 1 aromatic carbocycles. The van der Waals surface area contributed by atoms with Crippen molar-refractivity contribution in [1.82, 2.24) is 9.88 Å². The number of nitrogens with zero attached hydrogens (tertiary/aromatic N) is 2. The van der Waals surface area contributed by atoms with Crippen LogP contribution in [0.1, 0.15) is 32.6 Å². The monoisotopic (exact) mass is 282 g/mol. The number of rotatable bonds is 5. The Morgan fingerprint density at radius 2 is 1.86 bits per heavy atom. The van der Waals surface area contributed by atoms with Crippen molar-refractivity contribution in [3.05, 3.63) is 64.5 Å². The third-order valence-electron chi connectivity index (χ3n) is 3.54. The van der Waals surface area contributed by atoms with E-state index in [9.17, 15) is 4.79 Å². The summed E-state index contributed by atoms with van der Waals surface area (Å²) in [5.74, 6) is 0.177. The van der Waals surface area contributed by atoms with Crippen molar-refractivity contribution >= 4 is 5.78 Å². The molecule has 0 saturated carbocycles. The number of likely N-dealkylation sites (N-methyl/N-ethyl adjacent to an activating group) is 1. The van der Waals surface area contributed by atoms with E-state index < -0.39 is 0 Å². The molecule has 0 N–H and O–H groups in total. The molecule has 0 unspecified atom stereocenters. The first-order valence-electron chi connectivity index (χ1n) is 7.16. The second kappa shape index (κ2) is 6.64. The van der Waals surface area contributed by atoms with Crippen LogP contribution in [0.25, 0.3) is 0 Å². The van der Waals surface area contributed by atoms with Crippen molar-refractivity contribution in [2.75, 3.05) is 13.6 Å². The quantitative estimate of drug-likeness (QED) is 0.789. The number of carbonyl (C=O) groups excluding carboxylic acids is 1. The molecule has 2 aromatic rings. The van der Waals surface area contributed by atoms with Gasteiger partial charge in [0.2, 0.25) is 0 Å². The summed E-state index contributed by atoms with van der Waals surface area (Å²) in [6.45, 7) is 7.22. The number of ketones is 1. The Kier molecular flexibility index (Phi) is 4.86. The Morgan fingerprint density at radius 3 is 2.43 bits per heavy atom. The molecule has 0 saturated heterocycles. The number of carbonyl (C=O) groups is 1. The SMILES string of the molecule is Cc1cc(C)c(C(=O)CN(C)Cc2cccnc2)c(C)c1. The maximum absolute atomic E-state index is 12.5. The van der Waals surface area contributed by atoms with Crippen LogP contribution in [0, 0.1) is 20.8 Å². The van der Waals surface area contributed by atoms with E-state index in [1.165, 1.54) is 5.56 Å². The molecule has 3 nitrogen and oxygen atoms in total. The Balaban J connectivity index is 2.08. The van der Waals surface area contributed by atoms with Gasteiger partial charge in [0.25, 0.3) is 0 Å². The van der Waals surface area contributed by atoms with E-state index in [1.807, 2.05) is 44.1 Å². The topological polar surface area (TPSA) is 33.2 Å². The molecule has 1 aromatic heterocycles. The molecule has 110 valence electrons. The number of aromatic nitrogens is 1. The summed E-state index contributed by atoms with van der Waals surface area (Å²) in [6.07, 6.45) is 3.59. The van der Waals surface area contributed by atoms with Gasteiger partial charge in [-0.25, -0.2) is 0 Å². The molecule has 0 bridgehead atoms. The maximum atomic E-state index is 12.5. The van der Waals surface area contributed by atoms with Crippen molar-refractivity contribution < 1.29 is 4.79 Å². The van der Waals surface area contributed by atoms with Crippen LogP contribution in [-0.4, -0.2) is 29.3 Å². The predicted molar refractivity (Wildman–Crippen MR) is 85.6 cm³/mol. The van der Waals surface area contributed by atoms with Crippen LogP contribution in [0.4, 0.5) is 0 Å². The summed E-state index contributed by atoms with van der Waals surface area (Å²) >= 11 is 0. The lowest BCUT2D eigenvalue weighted by molar-refractivity contribution is 0.0942. The summed E-state index contributed by atoms with van der Waals surface area (Å²) in [5.41, 5.74) is 5.30. The van der Waals surface area contributed by atoms with Crippen molar-refractivity contribution in [3.63, 3.8) is 0 Å². The van der Waals surface area contributed by atoms with Crippen LogP contribution in [0.3, 0.4) is 0 Å². The van der Waals surface area contributed by atoms with Gasteiger partial charge in [-0.1, -0.05) is 23.8 Å². The molecule has 0 aliphatic heterocycles. The molecule has 0 amide bonds. The van der Waals surface area contributed by atoms with E-state index in [0.717, 1.165) is 28.8 Å². The van der Waals surface area contributed by atoms with Gasteiger partial charge in [0.1, 0.15) is 0 Å². The third kappa shape index (κ3) is 3.99. The summed E-state index contributed by atoms with van der Waals surface area (Å²) in [4.78, 5) is 18.7. The highest BCUT2D eigenvalue weighted by molar-refractivity contribution is 6.00. The van der Waals surface area contributed by atoms with E-state index in [1.54, 1.807) is 6.20 Å². The van der Waals surface area contributed by atoms with Gasteiger partial charge >= 0.3 is 0 Å². The molecule has 0 atom stereocenters. The number of hydrogen-bond acceptors (Lipinski definition) is 3. The molecule has 1 heterocycles. The van der Waals surface area contributed by atoms with E-state index >= 15 is 0 Å². The molecule has 0 radical (unpaired) electrons. The molecule has 0 spiro atoms. The fraction of sp³-hybridized carbons (Fsp3) is 0.333. The van der Waals surface area contributed by atoms with E-state index in [2.05, 4.69) is 24.0 Å². The molecular formula is C18H22N2O. The highest BCUT2D eigenvalue weighted by Gasteiger charge is 2.15. The fourth-order valence-corrected chi connectivity index (χ4v) is 2.80. The van der Waals surface area contributed by atoms with Gasteiger partial charge in [-0.3, -0.25) is 14.7 Å². The molecule has 21 heavy (non-hydrogen) atoms. The normalized spacial score (nSPS) is 10.9. The van der Waals surface area contributed by atoms with Crippen LogP contribution in [0.2, 0.25) is 0 Å². The van der Waals surface area contributed by atoms with Crippen molar-refractivity contribution in [3.8, 4) is 0 Å². The zero-order valence-corrected chi connectivity index (χ0v) is 13.2. The van der Waals surface area contributed by atoms with E-state index in [4.69, 9.17) is 0 Å². The van der Waals surface area contributed by atoms with Crippen molar-refractivity contribution in [2.24, 2.45) is 0 Å². The standard InChI is InChI=1S/C18H22N2O/c1-13-8-14(2)18(15(3)9-13)17(21)12-20(4)11-16-6-5-7-19-10-16/h5-10H,11-12H2,1-4H3. The first kappa shape index (κ1) is 15.4. The second-order valence-electron chi connectivity index (χ2n) is 5.73. The van der Waals surface area contributed by atoms with Crippen LogP contribution in [0.5, 0.6) is 0 Å². The Bertz CT molecular complexity index is 612. The summed E-state index contributed by atoms with van der Waals surface area (Å²) in [6, 6.07) is 8.08. The molecule has 2 rings (SSSR count). The molecule has 3 heteroatoms.